The second-order valence-electron chi connectivity index (χ2n) is 4.77. The third-order valence-corrected chi connectivity index (χ3v) is 3.26. The zero-order valence-corrected chi connectivity index (χ0v) is 10.8. The van der Waals surface area contributed by atoms with E-state index < -0.39 is 17.8 Å². The summed E-state index contributed by atoms with van der Waals surface area (Å²) in [6.07, 6.45) is -0.478. The highest BCUT2D eigenvalue weighted by molar-refractivity contribution is 5.93. The van der Waals surface area contributed by atoms with Crippen LogP contribution in [0.15, 0.2) is 18.3 Å². The lowest BCUT2D eigenvalue weighted by Gasteiger charge is -2.11. The van der Waals surface area contributed by atoms with Crippen molar-refractivity contribution in [2.24, 2.45) is 0 Å². The standard InChI is InChI=1S/C13H16F3N3O/c14-13(15,16)11-4-3-9(8-19-11)12(20)18-7-5-10-2-1-6-17-10/h3-4,8,10,17H,1-2,5-7H2,(H,18,20). The van der Waals surface area contributed by atoms with Gasteiger partial charge in [0.15, 0.2) is 0 Å². The van der Waals surface area contributed by atoms with Gasteiger partial charge in [0.2, 0.25) is 0 Å². The Morgan fingerprint density at radius 1 is 1.45 bits per heavy atom. The molecule has 7 heteroatoms. The fourth-order valence-electron chi connectivity index (χ4n) is 2.16. The van der Waals surface area contributed by atoms with Crippen molar-refractivity contribution in [2.45, 2.75) is 31.5 Å². The number of nitrogens with zero attached hydrogens (tertiary/aromatic N) is 1. The molecule has 1 atom stereocenters. The highest BCUT2D eigenvalue weighted by atomic mass is 19.4. The van der Waals surface area contributed by atoms with Crippen molar-refractivity contribution >= 4 is 5.91 Å². The van der Waals surface area contributed by atoms with Crippen molar-refractivity contribution in [3.05, 3.63) is 29.6 Å². The van der Waals surface area contributed by atoms with Crippen LogP contribution >= 0.6 is 0 Å². The number of hydrogen-bond acceptors (Lipinski definition) is 3. The fraction of sp³-hybridized carbons (Fsp3) is 0.538. The number of carbonyl (C=O) groups is 1. The van der Waals surface area contributed by atoms with Gasteiger partial charge in [-0.1, -0.05) is 0 Å². The predicted molar refractivity (Wildman–Crippen MR) is 67.2 cm³/mol. The molecule has 1 aromatic heterocycles. The number of nitrogens with one attached hydrogen (secondary N) is 2. The van der Waals surface area contributed by atoms with Gasteiger partial charge >= 0.3 is 6.18 Å². The third-order valence-electron chi connectivity index (χ3n) is 3.26. The molecule has 1 aliphatic heterocycles. The molecule has 1 amide bonds. The van der Waals surface area contributed by atoms with Crippen molar-refractivity contribution < 1.29 is 18.0 Å². The number of amides is 1. The first-order chi connectivity index (χ1) is 9.47. The van der Waals surface area contributed by atoms with Gasteiger partial charge in [0.1, 0.15) is 5.69 Å². The lowest BCUT2D eigenvalue weighted by atomic mass is 10.1. The highest BCUT2D eigenvalue weighted by Crippen LogP contribution is 2.27. The van der Waals surface area contributed by atoms with E-state index in [2.05, 4.69) is 15.6 Å². The van der Waals surface area contributed by atoms with Crippen LogP contribution in [-0.4, -0.2) is 30.0 Å². The van der Waals surface area contributed by atoms with E-state index in [1.165, 1.54) is 0 Å². The minimum absolute atomic E-state index is 0.136. The van der Waals surface area contributed by atoms with Crippen molar-refractivity contribution in [3.63, 3.8) is 0 Å². The molecular weight excluding hydrogens is 271 g/mol. The average molecular weight is 287 g/mol. The van der Waals surface area contributed by atoms with Crippen molar-refractivity contribution in [1.82, 2.24) is 15.6 Å². The van der Waals surface area contributed by atoms with Crippen LogP contribution in [0.4, 0.5) is 13.2 Å². The van der Waals surface area contributed by atoms with E-state index in [1.54, 1.807) is 0 Å². The number of aromatic nitrogens is 1. The number of hydrogen-bond donors (Lipinski definition) is 2. The van der Waals surface area contributed by atoms with Crippen molar-refractivity contribution in [2.75, 3.05) is 13.1 Å². The molecule has 0 aromatic carbocycles. The van der Waals surface area contributed by atoms with Gasteiger partial charge in [-0.2, -0.15) is 13.2 Å². The van der Waals surface area contributed by atoms with E-state index in [0.29, 0.717) is 12.6 Å². The molecule has 1 aromatic rings. The molecule has 110 valence electrons. The Morgan fingerprint density at radius 2 is 2.25 bits per heavy atom. The molecule has 2 N–H and O–H groups in total. The van der Waals surface area contributed by atoms with Gasteiger partial charge in [-0.25, -0.2) is 0 Å². The molecule has 0 radical (unpaired) electrons. The SMILES string of the molecule is O=C(NCCC1CCCN1)c1ccc(C(F)(F)F)nc1. The lowest BCUT2D eigenvalue weighted by molar-refractivity contribution is -0.141. The molecule has 0 spiro atoms. The van der Waals surface area contributed by atoms with E-state index in [9.17, 15) is 18.0 Å². The Hall–Kier alpha value is -1.63. The van der Waals surface area contributed by atoms with E-state index in [-0.39, 0.29) is 5.56 Å². The first-order valence-corrected chi connectivity index (χ1v) is 6.51. The Labute approximate surface area is 114 Å². The molecule has 1 aliphatic rings. The molecule has 1 fully saturated rings. The van der Waals surface area contributed by atoms with E-state index >= 15 is 0 Å². The van der Waals surface area contributed by atoms with E-state index in [1.807, 2.05) is 0 Å². The lowest BCUT2D eigenvalue weighted by Crippen LogP contribution is -2.30. The summed E-state index contributed by atoms with van der Waals surface area (Å²) in [5, 5.41) is 5.99. The number of rotatable bonds is 4. The van der Waals surface area contributed by atoms with Crippen LogP contribution in [0.25, 0.3) is 0 Å². The quantitative estimate of drug-likeness (QED) is 0.890. The van der Waals surface area contributed by atoms with Gasteiger partial charge in [0, 0.05) is 18.8 Å². The molecule has 4 nitrogen and oxygen atoms in total. The summed E-state index contributed by atoms with van der Waals surface area (Å²) in [7, 11) is 0. The van der Waals surface area contributed by atoms with Gasteiger partial charge in [0.05, 0.1) is 5.56 Å². The third kappa shape index (κ3) is 3.93. The summed E-state index contributed by atoms with van der Waals surface area (Å²) < 4.78 is 37.0. The molecular formula is C13H16F3N3O. The molecule has 1 saturated heterocycles. The molecule has 1 unspecified atom stereocenters. The van der Waals surface area contributed by atoms with Gasteiger partial charge < -0.3 is 10.6 Å². The minimum Gasteiger partial charge on any atom is -0.352 e. The molecule has 0 bridgehead atoms. The summed E-state index contributed by atoms with van der Waals surface area (Å²) in [6.45, 7) is 1.50. The molecule has 20 heavy (non-hydrogen) atoms. The maximum atomic E-state index is 12.3. The maximum absolute atomic E-state index is 12.3. The summed E-state index contributed by atoms with van der Waals surface area (Å²) in [6, 6.07) is 2.37. The Morgan fingerprint density at radius 3 is 2.80 bits per heavy atom. The maximum Gasteiger partial charge on any atom is 0.433 e. The van der Waals surface area contributed by atoms with Crippen molar-refractivity contribution in [1.29, 1.82) is 0 Å². The molecule has 2 heterocycles. The molecule has 0 aliphatic carbocycles. The van der Waals surface area contributed by atoms with Crippen LogP contribution in [0.5, 0.6) is 0 Å². The second-order valence-corrected chi connectivity index (χ2v) is 4.77. The van der Waals surface area contributed by atoms with Gasteiger partial charge in [-0.15, -0.1) is 0 Å². The summed E-state index contributed by atoms with van der Waals surface area (Å²) in [5.41, 5.74) is -0.860. The van der Waals surface area contributed by atoms with Gasteiger partial charge in [-0.05, 0) is 37.9 Å². The fourth-order valence-corrected chi connectivity index (χ4v) is 2.16. The number of halogens is 3. The molecule has 0 saturated carbocycles. The topological polar surface area (TPSA) is 54.0 Å². The van der Waals surface area contributed by atoms with Crippen LogP contribution in [0.3, 0.4) is 0 Å². The largest absolute Gasteiger partial charge is 0.433 e. The Balaban J connectivity index is 1.82. The van der Waals surface area contributed by atoms with E-state index in [0.717, 1.165) is 44.1 Å². The Bertz CT molecular complexity index is 453. The molecule has 2 rings (SSSR count). The predicted octanol–water partition coefficient (Wildman–Crippen LogP) is 1.97. The second kappa shape index (κ2) is 6.21. The number of alkyl halides is 3. The summed E-state index contributed by atoms with van der Waals surface area (Å²) >= 11 is 0. The highest BCUT2D eigenvalue weighted by Gasteiger charge is 2.32. The van der Waals surface area contributed by atoms with Crippen LogP contribution in [0.1, 0.15) is 35.3 Å². The summed E-state index contributed by atoms with van der Waals surface area (Å²) in [5.74, 6) is -0.399. The number of carbonyl (C=O) groups excluding carboxylic acids is 1. The monoisotopic (exact) mass is 287 g/mol. The van der Waals surface area contributed by atoms with Gasteiger partial charge in [0.25, 0.3) is 5.91 Å². The van der Waals surface area contributed by atoms with Crippen LogP contribution in [0.2, 0.25) is 0 Å². The van der Waals surface area contributed by atoms with E-state index in [4.69, 9.17) is 0 Å². The normalized spacial score (nSPS) is 19.1. The first-order valence-electron chi connectivity index (χ1n) is 6.51. The van der Waals surface area contributed by atoms with Crippen LogP contribution < -0.4 is 10.6 Å². The van der Waals surface area contributed by atoms with Crippen molar-refractivity contribution in [3.8, 4) is 0 Å². The zero-order valence-electron chi connectivity index (χ0n) is 10.8. The minimum atomic E-state index is -4.48. The number of pyridine rings is 1. The van der Waals surface area contributed by atoms with Crippen LogP contribution in [-0.2, 0) is 6.18 Å². The Kier molecular flexibility index (Phi) is 4.59. The smallest absolute Gasteiger partial charge is 0.352 e. The van der Waals surface area contributed by atoms with Crippen LogP contribution in [0, 0.1) is 0 Å². The van der Waals surface area contributed by atoms with Gasteiger partial charge in [-0.3, -0.25) is 9.78 Å². The first kappa shape index (κ1) is 14.8. The zero-order chi connectivity index (χ0) is 14.6. The average Bonchev–Trinajstić information content (AvgIpc) is 2.91. The summed E-state index contributed by atoms with van der Waals surface area (Å²) in [4.78, 5) is 15.0.